The smallest absolute Gasteiger partial charge is 0.262 e. The molecule has 1 amide bonds. The highest BCUT2D eigenvalue weighted by Gasteiger charge is 2.24. The highest BCUT2D eigenvalue weighted by molar-refractivity contribution is 7.92. The van der Waals surface area contributed by atoms with Crippen molar-refractivity contribution in [2.24, 2.45) is 4.99 Å². The molecule has 4 rings (SSSR count). The molecule has 0 fully saturated rings. The molecule has 2 aliphatic rings. The zero-order chi connectivity index (χ0) is 22.9. The second-order valence-electron chi connectivity index (χ2n) is 7.74. The fourth-order valence-electron chi connectivity index (χ4n) is 3.85. The van der Waals surface area contributed by atoms with Gasteiger partial charge in [-0.25, -0.2) is 16.8 Å². The summed E-state index contributed by atoms with van der Waals surface area (Å²) >= 11 is 0. The lowest BCUT2D eigenvalue weighted by Gasteiger charge is -2.28. The number of sulfonamides is 2. The number of fused-ring (bicyclic) bond motifs is 1. The molecule has 2 heterocycles. The molecule has 2 N–H and O–H groups in total. The molecule has 0 aromatic heterocycles. The third-order valence-electron chi connectivity index (χ3n) is 5.38. The third-order valence-corrected chi connectivity index (χ3v) is 8.14. The Labute approximate surface area is 187 Å². The normalized spacial score (nSPS) is 16.3. The number of carbonyl (C=O) groups is 1. The van der Waals surface area contributed by atoms with Gasteiger partial charge in [-0.05, 0) is 61.2 Å². The lowest BCUT2D eigenvalue weighted by molar-refractivity contribution is -0.116. The van der Waals surface area contributed by atoms with Gasteiger partial charge in [0.05, 0.1) is 15.5 Å². The summed E-state index contributed by atoms with van der Waals surface area (Å²) in [5.74, 6) is 0.319. The molecule has 170 valence electrons. The summed E-state index contributed by atoms with van der Waals surface area (Å²) in [5.41, 5.74) is 1.63. The number of benzene rings is 2. The summed E-state index contributed by atoms with van der Waals surface area (Å²) in [6, 6.07) is 10.3. The molecule has 11 heteroatoms. The van der Waals surface area contributed by atoms with E-state index in [0.717, 1.165) is 24.1 Å². The maximum atomic E-state index is 13.0. The third kappa shape index (κ3) is 4.63. The van der Waals surface area contributed by atoms with Crippen LogP contribution in [-0.4, -0.2) is 41.7 Å². The summed E-state index contributed by atoms with van der Waals surface area (Å²) in [5, 5.41) is 0. The lowest BCUT2D eigenvalue weighted by atomic mass is 10.0. The number of nitrogens with zero attached hydrogens (tertiary/aromatic N) is 2. The van der Waals surface area contributed by atoms with E-state index in [9.17, 15) is 21.6 Å². The first kappa shape index (κ1) is 22.3. The summed E-state index contributed by atoms with van der Waals surface area (Å²) in [6.07, 6.45) is 2.78. The highest BCUT2D eigenvalue weighted by Crippen LogP contribution is 2.30. The highest BCUT2D eigenvalue weighted by atomic mass is 32.2. The summed E-state index contributed by atoms with van der Waals surface area (Å²) in [6.45, 7) is 2.67. The van der Waals surface area contributed by atoms with Gasteiger partial charge in [-0.15, -0.1) is 0 Å². The number of aryl methyl sites for hydroxylation is 1. The van der Waals surface area contributed by atoms with Crippen LogP contribution in [0.4, 0.5) is 11.4 Å². The molecular formula is C21H24N4O5S2. The van der Waals surface area contributed by atoms with Crippen LogP contribution in [0.1, 0.15) is 31.7 Å². The zero-order valence-corrected chi connectivity index (χ0v) is 19.2. The Morgan fingerprint density at radius 3 is 2.41 bits per heavy atom. The second kappa shape index (κ2) is 8.55. The van der Waals surface area contributed by atoms with E-state index in [1.165, 1.54) is 37.3 Å². The van der Waals surface area contributed by atoms with Crippen LogP contribution in [0.2, 0.25) is 0 Å². The molecule has 2 aromatic rings. The Morgan fingerprint density at radius 1 is 0.938 bits per heavy atom. The minimum Gasteiger partial charge on any atom is -0.312 e. The number of amidine groups is 1. The molecule has 0 aliphatic carbocycles. The average Bonchev–Trinajstić information content (AvgIpc) is 3.25. The molecule has 0 spiro atoms. The van der Waals surface area contributed by atoms with Gasteiger partial charge in [-0.1, -0.05) is 6.07 Å². The van der Waals surface area contributed by atoms with E-state index in [4.69, 9.17) is 0 Å². The van der Waals surface area contributed by atoms with Crippen LogP contribution in [0.15, 0.2) is 57.2 Å². The molecule has 0 bridgehead atoms. The lowest BCUT2D eigenvalue weighted by Crippen LogP contribution is -2.33. The van der Waals surface area contributed by atoms with Crippen molar-refractivity contribution in [3.63, 3.8) is 0 Å². The minimum absolute atomic E-state index is 0.0494. The quantitative estimate of drug-likeness (QED) is 0.685. The minimum atomic E-state index is -3.96. The fraction of sp³-hybridized carbons (Fsp3) is 0.333. The number of aliphatic imine (C=N–C) groups is 1. The molecule has 32 heavy (non-hydrogen) atoms. The fourth-order valence-corrected chi connectivity index (χ4v) is 6.08. The van der Waals surface area contributed by atoms with Crippen LogP contribution in [0.3, 0.4) is 0 Å². The molecule has 9 nitrogen and oxygen atoms in total. The predicted molar refractivity (Wildman–Crippen MR) is 122 cm³/mol. The van der Waals surface area contributed by atoms with Crippen molar-refractivity contribution in [3.8, 4) is 0 Å². The van der Waals surface area contributed by atoms with E-state index in [1.807, 2.05) is 0 Å². The van der Waals surface area contributed by atoms with Gasteiger partial charge in [-0.2, -0.15) is 0 Å². The maximum absolute atomic E-state index is 13.0. The Balaban J connectivity index is 1.58. The van der Waals surface area contributed by atoms with Crippen LogP contribution in [-0.2, 0) is 31.3 Å². The van der Waals surface area contributed by atoms with E-state index >= 15 is 0 Å². The number of amides is 1. The first-order valence-electron chi connectivity index (χ1n) is 10.3. The van der Waals surface area contributed by atoms with Gasteiger partial charge in [0, 0.05) is 32.1 Å². The van der Waals surface area contributed by atoms with Crippen LogP contribution in [0, 0.1) is 0 Å². The van der Waals surface area contributed by atoms with Crippen molar-refractivity contribution in [1.29, 1.82) is 0 Å². The molecule has 0 radical (unpaired) electrons. The van der Waals surface area contributed by atoms with Crippen molar-refractivity contribution in [3.05, 3.63) is 48.0 Å². The number of rotatable bonds is 5. The van der Waals surface area contributed by atoms with Crippen molar-refractivity contribution in [1.82, 2.24) is 4.72 Å². The first-order valence-corrected chi connectivity index (χ1v) is 13.2. The first-order chi connectivity index (χ1) is 15.2. The molecule has 0 atom stereocenters. The number of anilines is 2. The SMILES string of the molecule is CC(=O)N1CCCc2cc(S(=O)(=O)Nc3cccc(S(=O)(=O)NC4=NCCC4)c3)ccc21. The van der Waals surface area contributed by atoms with E-state index < -0.39 is 20.0 Å². The van der Waals surface area contributed by atoms with Crippen molar-refractivity contribution < 1.29 is 21.6 Å². The summed E-state index contributed by atoms with van der Waals surface area (Å²) in [4.78, 5) is 17.6. The number of hydrogen-bond acceptors (Lipinski definition) is 6. The maximum Gasteiger partial charge on any atom is 0.262 e. The van der Waals surface area contributed by atoms with Crippen LogP contribution < -0.4 is 14.3 Å². The number of nitrogens with one attached hydrogen (secondary N) is 2. The second-order valence-corrected chi connectivity index (χ2v) is 11.1. The molecule has 0 unspecified atom stereocenters. The number of carbonyl (C=O) groups excluding carboxylic acids is 1. The van der Waals surface area contributed by atoms with Gasteiger partial charge in [-0.3, -0.25) is 19.2 Å². The Bertz CT molecular complexity index is 1300. The summed E-state index contributed by atoms with van der Waals surface area (Å²) < 4.78 is 56.1. The van der Waals surface area contributed by atoms with Gasteiger partial charge >= 0.3 is 0 Å². The van der Waals surface area contributed by atoms with Gasteiger partial charge in [0.1, 0.15) is 5.84 Å². The Kier molecular flexibility index (Phi) is 5.95. The van der Waals surface area contributed by atoms with Gasteiger partial charge in [0.15, 0.2) is 0 Å². The van der Waals surface area contributed by atoms with Gasteiger partial charge < -0.3 is 4.90 Å². The Hall–Kier alpha value is -2.92. The topological polar surface area (TPSA) is 125 Å². The largest absolute Gasteiger partial charge is 0.312 e. The zero-order valence-electron chi connectivity index (χ0n) is 17.5. The van der Waals surface area contributed by atoms with Crippen LogP contribution in [0.5, 0.6) is 0 Å². The van der Waals surface area contributed by atoms with Gasteiger partial charge in [0.25, 0.3) is 20.0 Å². The van der Waals surface area contributed by atoms with Crippen molar-refractivity contribution in [2.75, 3.05) is 22.7 Å². The number of hydrogen-bond donors (Lipinski definition) is 2. The molecule has 0 saturated heterocycles. The van der Waals surface area contributed by atoms with E-state index in [-0.39, 0.29) is 21.4 Å². The standard InChI is InChI=1S/C21H24N4O5S2/c1-15(26)25-12-4-5-16-13-19(9-10-20(16)25)31(27,28)23-17-6-2-7-18(14-17)32(29,30)24-21-8-3-11-22-21/h2,6-7,9-10,13-14,23H,3-5,8,11-12H2,1H3,(H,22,24). The Morgan fingerprint density at radius 2 is 1.69 bits per heavy atom. The van der Waals surface area contributed by atoms with Crippen LogP contribution in [0.25, 0.3) is 0 Å². The van der Waals surface area contributed by atoms with Crippen LogP contribution >= 0.6 is 0 Å². The predicted octanol–water partition coefficient (Wildman–Crippen LogP) is 2.26. The monoisotopic (exact) mass is 476 g/mol. The van der Waals surface area contributed by atoms with E-state index in [0.29, 0.717) is 31.8 Å². The van der Waals surface area contributed by atoms with Gasteiger partial charge in [0.2, 0.25) is 5.91 Å². The average molecular weight is 477 g/mol. The molecular weight excluding hydrogens is 452 g/mol. The molecule has 0 saturated carbocycles. The van der Waals surface area contributed by atoms with E-state index in [2.05, 4.69) is 14.4 Å². The van der Waals surface area contributed by atoms with Crippen molar-refractivity contribution >= 4 is 43.2 Å². The summed E-state index contributed by atoms with van der Waals surface area (Å²) in [7, 11) is -7.83. The van der Waals surface area contributed by atoms with Crippen molar-refractivity contribution in [2.45, 2.75) is 42.4 Å². The molecule has 2 aliphatic heterocycles. The molecule has 2 aromatic carbocycles. The van der Waals surface area contributed by atoms with E-state index in [1.54, 1.807) is 17.0 Å².